The fourth-order valence-electron chi connectivity index (χ4n) is 1.99. The number of aliphatic imine (C=N–C) groups is 1. The summed E-state index contributed by atoms with van der Waals surface area (Å²) in [6.45, 7) is 1.02. The molecule has 138 valence electrons. The van der Waals surface area contributed by atoms with Crippen molar-refractivity contribution in [3.8, 4) is 5.75 Å². The average Bonchev–Trinajstić information content (AvgIpc) is 3.06. The minimum atomic E-state index is -2.62. The van der Waals surface area contributed by atoms with E-state index in [-0.39, 0.29) is 36.3 Å². The Labute approximate surface area is 162 Å². The fraction of sp³-hybridized carbons (Fsp3) is 0.375. The van der Waals surface area contributed by atoms with E-state index in [1.54, 1.807) is 0 Å². The van der Waals surface area contributed by atoms with Gasteiger partial charge in [-0.2, -0.15) is 8.78 Å². The first-order chi connectivity index (χ1) is 11.7. The number of hydrogen-bond donors (Lipinski definition) is 2. The second kappa shape index (κ2) is 11.6. The molecule has 0 bridgehead atoms. The Bertz CT molecular complexity index is 636. The molecule has 0 radical (unpaired) electrons. The quantitative estimate of drug-likeness (QED) is 0.273. The molecule has 0 unspecified atom stereocenters. The highest BCUT2D eigenvalue weighted by molar-refractivity contribution is 14.0. The summed E-state index contributed by atoms with van der Waals surface area (Å²) in [5.41, 5.74) is 0. The molecule has 0 aliphatic rings. The van der Waals surface area contributed by atoms with E-state index in [9.17, 15) is 8.78 Å². The van der Waals surface area contributed by atoms with Crippen LogP contribution in [0.5, 0.6) is 5.75 Å². The third-order valence-corrected chi connectivity index (χ3v) is 3.09. The lowest BCUT2D eigenvalue weighted by atomic mass is 10.3. The van der Waals surface area contributed by atoms with E-state index < -0.39 is 6.55 Å². The van der Waals surface area contributed by atoms with Gasteiger partial charge in [0.1, 0.15) is 24.7 Å². The van der Waals surface area contributed by atoms with E-state index >= 15 is 0 Å². The highest BCUT2D eigenvalue weighted by Crippen LogP contribution is 2.12. The molecule has 1 heterocycles. The number of nitrogens with zero attached hydrogens (tertiary/aromatic N) is 3. The second-order valence-corrected chi connectivity index (χ2v) is 4.81. The van der Waals surface area contributed by atoms with Gasteiger partial charge in [-0.1, -0.05) is 18.2 Å². The molecule has 1 aromatic heterocycles. The molecule has 0 aliphatic carbocycles. The zero-order valence-corrected chi connectivity index (χ0v) is 16.2. The third-order valence-electron chi connectivity index (χ3n) is 3.09. The first kappa shape index (κ1) is 21.1. The van der Waals surface area contributed by atoms with Crippen LogP contribution in [0.4, 0.5) is 8.78 Å². The maximum Gasteiger partial charge on any atom is 0.319 e. The van der Waals surface area contributed by atoms with Gasteiger partial charge in [-0.15, -0.1) is 24.0 Å². The molecule has 25 heavy (non-hydrogen) atoms. The molecule has 0 spiro atoms. The van der Waals surface area contributed by atoms with Crippen molar-refractivity contribution in [3.05, 3.63) is 48.5 Å². The number of nitrogens with one attached hydrogen (secondary N) is 2. The molecule has 0 saturated carbocycles. The number of halogens is 3. The number of guanidine groups is 1. The SMILES string of the molecule is CCNC(=NCc1nccn1C(F)F)NCCOc1ccccc1.I. The van der Waals surface area contributed by atoms with Gasteiger partial charge >= 0.3 is 6.55 Å². The highest BCUT2D eigenvalue weighted by Gasteiger charge is 2.10. The summed E-state index contributed by atoms with van der Waals surface area (Å²) in [5, 5.41) is 6.14. The molecule has 0 atom stereocenters. The summed E-state index contributed by atoms with van der Waals surface area (Å²) >= 11 is 0. The van der Waals surface area contributed by atoms with E-state index in [1.165, 1.54) is 12.4 Å². The Hall–Kier alpha value is -1.91. The van der Waals surface area contributed by atoms with Crippen LogP contribution < -0.4 is 15.4 Å². The lowest BCUT2D eigenvalue weighted by molar-refractivity contribution is 0.0671. The van der Waals surface area contributed by atoms with Crippen LogP contribution in [0, 0.1) is 0 Å². The average molecular weight is 465 g/mol. The van der Waals surface area contributed by atoms with Crippen molar-refractivity contribution in [1.82, 2.24) is 20.2 Å². The molecule has 6 nitrogen and oxygen atoms in total. The molecule has 2 N–H and O–H groups in total. The maximum absolute atomic E-state index is 12.8. The monoisotopic (exact) mass is 465 g/mol. The van der Waals surface area contributed by atoms with Crippen LogP contribution in [0.2, 0.25) is 0 Å². The molecule has 0 amide bonds. The Morgan fingerprint density at radius 3 is 2.72 bits per heavy atom. The van der Waals surface area contributed by atoms with Gasteiger partial charge in [0.05, 0.1) is 6.54 Å². The van der Waals surface area contributed by atoms with Crippen LogP contribution in [0.3, 0.4) is 0 Å². The van der Waals surface area contributed by atoms with E-state index in [0.29, 0.717) is 25.7 Å². The van der Waals surface area contributed by atoms with E-state index in [1.807, 2.05) is 37.3 Å². The van der Waals surface area contributed by atoms with Gasteiger partial charge in [-0.05, 0) is 19.1 Å². The van der Waals surface area contributed by atoms with Crippen molar-refractivity contribution in [1.29, 1.82) is 0 Å². The van der Waals surface area contributed by atoms with Crippen LogP contribution >= 0.6 is 24.0 Å². The van der Waals surface area contributed by atoms with Crippen LogP contribution in [-0.2, 0) is 6.54 Å². The van der Waals surface area contributed by atoms with Crippen LogP contribution in [0.1, 0.15) is 19.3 Å². The normalized spacial score (nSPS) is 11.1. The van der Waals surface area contributed by atoms with Crippen LogP contribution in [0.25, 0.3) is 0 Å². The highest BCUT2D eigenvalue weighted by atomic mass is 127. The second-order valence-electron chi connectivity index (χ2n) is 4.81. The van der Waals surface area contributed by atoms with Crippen molar-refractivity contribution in [3.63, 3.8) is 0 Å². The summed E-state index contributed by atoms with van der Waals surface area (Å²) < 4.78 is 31.9. The molecule has 0 saturated heterocycles. The molecular formula is C16H22F2IN5O. The molecule has 0 aliphatic heterocycles. The van der Waals surface area contributed by atoms with E-state index in [0.717, 1.165) is 10.3 Å². The number of para-hydroxylation sites is 1. The smallest absolute Gasteiger partial charge is 0.319 e. The summed E-state index contributed by atoms with van der Waals surface area (Å²) in [7, 11) is 0. The number of alkyl halides is 2. The Balaban J connectivity index is 0.00000312. The maximum atomic E-state index is 12.8. The summed E-state index contributed by atoms with van der Waals surface area (Å²) in [6, 6.07) is 9.48. The van der Waals surface area contributed by atoms with Gasteiger partial charge < -0.3 is 15.4 Å². The van der Waals surface area contributed by atoms with Gasteiger partial charge in [0.2, 0.25) is 0 Å². The lowest BCUT2D eigenvalue weighted by Gasteiger charge is -2.12. The van der Waals surface area contributed by atoms with Gasteiger partial charge in [0.15, 0.2) is 5.96 Å². The summed E-state index contributed by atoms with van der Waals surface area (Å²) in [6.07, 6.45) is 2.58. The van der Waals surface area contributed by atoms with E-state index in [4.69, 9.17) is 4.74 Å². The van der Waals surface area contributed by atoms with Crippen LogP contribution in [0.15, 0.2) is 47.7 Å². The number of benzene rings is 1. The predicted molar refractivity (Wildman–Crippen MR) is 104 cm³/mol. The van der Waals surface area contributed by atoms with Gasteiger partial charge in [-0.3, -0.25) is 4.57 Å². The van der Waals surface area contributed by atoms with Crippen LogP contribution in [-0.4, -0.2) is 35.2 Å². The Morgan fingerprint density at radius 2 is 2.04 bits per heavy atom. The van der Waals surface area contributed by atoms with Gasteiger partial charge in [0, 0.05) is 18.9 Å². The number of hydrogen-bond acceptors (Lipinski definition) is 3. The molecule has 9 heteroatoms. The fourth-order valence-corrected chi connectivity index (χ4v) is 1.99. The first-order valence-corrected chi connectivity index (χ1v) is 7.70. The predicted octanol–water partition coefficient (Wildman–Crippen LogP) is 3.03. The summed E-state index contributed by atoms with van der Waals surface area (Å²) in [5.74, 6) is 1.53. The van der Waals surface area contributed by atoms with Crippen molar-refractivity contribution in [2.45, 2.75) is 20.0 Å². The largest absolute Gasteiger partial charge is 0.492 e. The number of aromatic nitrogens is 2. The van der Waals surface area contributed by atoms with Crippen molar-refractivity contribution >= 4 is 29.9 Å². The van der Waals surface area contributed by atoms with Crippen molar-refractivity contribution < 1.29 is 13.5 Å². The summed E-state index contributed by atoms with van der Waals surface area (Å²) in [4.78, 5) is 8.17. The Morgan fingerprint density at radius 1 is 1.28 bits per heavy atom. The number of rotatable bonds is 8. The third kappa shape index (κ3) is 7.24. The zero-order chi connectivity index (χ0) is 17.2. The van der Waals surface area contributed by atoms with Gasteiger partial charge in [0.25, 0.3) is 0 Å². The number of ether oxygens (including phenoxy) is 1. The molecular weight excluding hydrogens is 443 g/mol. The minimum Gasteiger partial charge on any atom is -0.492 e. The van der Waals surface area contributed by atoms with Crippen molar-refractivity contribution in [2.75, 3.05) is 19.7 Å². The lowest BCUT2D eigenvalue weighted by Crippen LogP contribution is -2.39. The van der Waals surface area contributed by atoms with E-state index in [2.05, 4.69) is 20.6 Å². The standard InChI is InChI=1S/C16H21F2N5O.HI/c1-2-19-16(21-9-11-24-13-6-4-3-5-7-13)22-12-14-20-8-10-23(14)15(17)18;/h3-8,10,15H,2,9,11-12H2,1H3,(H2,19,21,22);1H. The zero-order valence-electron chi connectivity index (χ0n) is 13.9. The number of imidazole rings is 1. The molecule has 2 aromatic rings. The van der Waals surface area contributed by atoms with Gasteiger partial charge in [-0.25, -0.2) is 9.98 Å². The first-order valence-electron chi connectivity index (χ1n) is 7.70. The minimum absolute atomic E-state index is 0. The molecule has 0 fully saturated rings. The van der Waals surface area contributed by atoms with Crippen molar-refractivity contribution in [2.24, 2.45) is 4.99 Å². The Kier molecular flexibility index (Phi) is 9.81. The topological polar surface area (TPSA) is 63.5 Å². The molecule has 1 aromatic carbocycles. The molecule has 2 rings (SSSR count).